The maximum absolute atomic E-state index is 13.7. The molecule has 0 spiro atoms. The molecule has 3 aromatic carbocycles. The topological polar surface area (TPSA) is 189 Å². The molecule has 1 unspecified atom stereocenters. The first-order valence-corrected chi connectivity index (χ1v) is 21.0. The highest BCUT2D eigenvalue weighted by atomic mass is 31.2. The van der Waals surface area contributed by atoms with Gasteiger partial charge in [0.15, 0.2) is 12.3 Å². The largest absolute Gasteiger partial charge is 0.497 e. The number of nitrogens with zero attached hydrogens (tertiary/aromatic N) is 5. The van der Waals surface area contributed by atoms with E-state index in [2.05, 4.69) is 22.4 Å². The molecule has 324 valence electrons. The molecule has 1 aliphatic heterocycles. The predicted molar refractivity (Wildman–Crippen MR) is 226 cm³/mol. The third-order valence-electron chi connectivity index (χ3n) is 9.74. The van der Waals surface area contributed by atoms with Gasteiger partial charge in [-0.2, -0.15) is 20.2 Å². The van der Waals surface area contributed by atoms with Gasteiger partial charge in [0, 0.05) is 25.2 Å². The quantitative estimate of drug-likeness (QED) is 0.0279. The van der Waals surface area contributed by atoms with E-state index in [0.29, 0.717) is 11.5 Å². The first-order valence-electron chi connectivity index (χ1n) is 19.9. The molecule has 0 saturated carbocycles. The van der Waals surface area contributed by atoms with Crippen LogP contribution in [0.2, 0.25) is 0 Å². The van der Waals surface area contributed by atoms with Gasteiger partial charge >= 0.3 is 5.69 Å². The van der Waals surface area contributed by atoms with Crippen molar-refractivity contribution in [1.29, 1.82) is 10.5 Å². The van der Waals surface area contributed by atoms with Crippen LogP contribution in [0.5, 0.6) is 11.5 Å². The summed E-state index contributed by atoms with van der Waals surface area (Å²) < 4.78 is 47.0. The van der Waals surface area contributed by atoms with Crippen molar-refractivity contribution in [2.45, 2.75) is 89.7 Å². The number of hydrogen-bond acceptors (Lipinski definition) is 14. The van der Waals surface area contributed by atoms with Gasteiger partial charge in [-0.15, -0.1) is 0 Å². The summed E-state index contributed by atoms with van der Waals surface area (Å²) in [5.74, 6) is 0.959. The van der Waals surface area contributed by atoms with Gasteiger partial charge in [0.25, 0.3) is 8.53 Å². The number of ether oxygens (including phenoxy) is 5. The first-order chi connectivity index (χ1) is 29.5. The zero-order chi connectivity index (χ0) is 43.9. The molecule has 1 amide bonds. The molecule has 5 rings (SSSR count). The molecule has 5 atom stereocenters. The average Bonchev–Trinajstić information content (AvgIpc) is 3.59. The molecule has 2 heterocycles. The van der Waals surface area contributed by atoms with Crippen LogP contribution in [0, 0.1) is 22.7 Å². The fraction of sp³-hybridized carbons (Fsp3) is 0.432. The number of anilines is 1. The van der Waals surface area contributed by atoms with Gasteiger partial charge in [-0.25, -0.2) is 14.4 Å². The molecule has 4 aromatic rings. The molecule has 0 bridgehead atoms. The predicted octanol–water partition coefficient (Wildman–Crippen LogP) is 7.02. The lowest BCUT2D eigenvalue weighted by molar-refractivity contribution is -0.280. The number of benzene rings is 3. The number of amides is 1. The average molecular weight is 857 g/mol. The molecular weight excluding hydrogens is 803 g/mol. The summed E-state index contributed by atoms with van der Waals surface area (Å²) in [5.41, 5.74) is 0.324. The maximum Gasteiger partial charge on any atom is 0.351 e. The minimum absolute atomic E-state index is 0.0249. The fourth-order valence-electron chi connectivity index (χ4n) is 7.09. The Morgan fingerprint density at radius 1 is 0.869 bits per heavy atom. The third kappa shape index (κ3) is 11.6. The van der Waals surface area contributed by atoms with Gasteiger partial charge in [-0.3, -0.25) is 9.36 Å². The van der Waals surface area contributed by atoms with Gasteiger partial charge in [-0.05, 0) is 74.7 Å². The summed E-state index contributed by atoms with van der Waals surface area (Å²) in [5, 5.41) is 21.3. The Labute approximate surface area is 357 Å². The molecular formula is C44H53N6O10P. The van der Waals surface area contributed by atoms with E-state index in [1.165, 1.54) is 23.8 Å². The Hall–Kier alpha value is -5.26. The van der Waals surface area contributed by atoms with E-state index in [4.69, 9.17) is 37.8 Å². The SMILES string of the molecule is COc1ccc(C(OC[C@H]2O[C@@H](n3ccc(NC(C)=O)nc3=O)[C@H](OCCC#N)[C@@H]2OOP(OCCC#N)N(C(C)C)C(C)C)(c2ccccc2)c2ccc(OC)cc2)cc1. The minimum atomic E-state index is -1.91. The van der Waals surface area contributed by atoms with E-state index in [9.17, 15) is 20.1 Å². The normalized spacial score (nSPS) is 18.2. The number of rotatable bonds is 22. The summed E-state index contributed by atoms with van der Waals surface area (Å²) >= 11 is 0. The summed E-state index contributed by atoms with van der Waals surface area (Å²) in [4.78, 5) is 35.9. The van der Waals surface area contributed by atoms with Crippen LogP contribution >= 0.6 is 8.53 Å². The van der Waals surface area contributed by atoms with Crippen molar-refractivity contribution >= 4 is 20.3 Å². The van der Waals surface area contributed by atoms with Crippen LogP contribution in [0.15, 0.2) is 95.9 Å². The number of carbonyl (C=O) groups is 1. The number of hydrogen-bond donors (Lipinski definition) is 1. The lowest BCUT2D eigenvalue weighted by Crippen LogP contribution is -2.42. The van der Waals surface area contributed by atoms with Crippen molar-refractivity contribution in [3.05, 3.63) is 118 Å². The molecule has 17 heteroatoms. The number of nitrogens with one attached hydrogen (secondary N) is 1. The highest BCUT2D eigenvalue weighted by Gasteiger charge is 2.51. The van der Waals surface area contributed by atoms with Crippen LogP contribution in [0.25, 0.3) is 0 Å². The highest BCUT2D eigenvalue weighted by molar-refractivity contribution is 7.44. The zero-order valence-corrected chi connectivity index (χ0v) is 36.3. The molecule has 0 aliphatic carbocycles. The van der Waals surface area contributed by atoms with Gasteiger partial charge in [0.2, 0.25) is 5.91 Å². The second-order valence-electron chi connectivity index (χ2n) is 14.5. The van der Waals surface area contributed by atoms with Crippen LogP contribution in [0.4, 0.5) is 5.82 Å². The van der Waals surface area contributed by atoms with Gasteiger partial charge in [-0.1, -0.05) is 54.6 Å². The third-order valence-corrected chi connectivity index (χ3v) is 11.7. The summed E-state index contributed by atoms with van der Waals surface area (Å²) in [6.45, 7) is 9.19. The van der Waals surface area contributed by atoms with Gasteiger partial charge in [0.1, 0.15) is 35.1 Å². The van der Waals surface area contributed by atoms with Crippen molar-refractivity contribution in [2.75, 3.05) is 39.4 Å². The van der Waals surface area contributed by atoms with E-state index < -0.39 is 50.3 Å². The van der Waals surface area contributed by atoms with Crippen LogP contribution in [-0.4, -0.2) is 84.6 Å². The Morgan fingerprint density at radius 2 is 1.44 bits per heavy atom. The van der Waals surface area contributed by atoms with Crippen LogP contribution in [0.1, 0.15) is 70.4 Å². The standard InChI is InChI=1S/C44H53N6O10P/c1-30(2)50(31(3)4)61(57-28-12-25-46)60-59-40-38(58-42(41(40)55-27-11-24-45)49-26-23-39(47-32(5)51)48-43(49)52)29-56-44(33-13-9-8-10-14-33,34-15-19-36(53-6)20-16-34)35-17-21-37(54-7)22-18-35/h8-10,13-23,26,30-31,38,40-42H,11-12,27-29H2,1-7H3,(H,47,48,51,52)/t38-,40-,41-,42-,61?/m1/s1. The van der Waals surface area contributed by atoms with Crippen LogP contribution in [-0.2, 0) is 38.7 Å². The summed E-state index contributed by atoms with van der Waals surface area (Å²) in [6.07, 6.45) is -2.75. The Balaban J connectivity index is 1.64. The molecule has 61 heavy (non-hydrogen) atoms. The van der Waals surface area contributed by atoms with Crippen LogP contribution < -0.4 is 20.5 Å². The maximum atomic E-state index is 13.7. The summed E-state index contributed by atoms with van der Waals surface area (Å²) in [6, 6.07) is 30.4. The smallest absolute Gasteiger partial charge is 0.351 e. The van der Waals surface area contributed by atoms with E-state index in [0.717, 1.165) is 16.7 Å². The van der Waals surface area contributed by atoms with Crippen molar-refractivity contribution in [1.82, 2.24) is 14.2 Å². The van der Waals surface area contributed by atoms with Crippen molar-refractivity contribution < 1.29 is 42.6 Å². The lowest BCUT2D eigenvalue weighted by atomic mass is 9.80. The van der Waals surface area contributed by atoms with Crippen LogP contribution in [0.3, 0.4) is 0 Å². The Morgan fingerprint density at radius 3 is 1.97 bits per heavy atom. The molecule has 0 radical (unpaired) electrons. The van der Waals surface area contributed by atoms with E-state index >= 15 is 0 Å². The monoisotopic (exact) mass is 856 g/mol. The minimum Gasteiger partial charge on any atom is -0.497 e. The molecule has 16 nitrogen and oxygen atoms in total. The van der Waals surface area contributed by atoms with E-state index in [-0.39, 0.29) is 50.6 Å². The molecule has 1 fully saturated rings. The second-order valence-corrected chi connectivity index (χ2v) is 15.8. The van der Waals surface area contributed by atoms with Crippen molar-refractivity contribution in [3.8, 4) is 23.6 Å². The second kappa shape index (κ2) is 22.5. The first kappa shape index (κ1) is 46.8. The highest BCUT2D eigenvalue weighted by Crippen LogP contribution is 2.48. The van der Waals surface area contributed by atoms with Crippen molar-refractivity contribution in [3.63, 3.8) is 0 Å². The Bertz CT molecular complexity index is 2090. The molecule has 1 aliphatic rings. The fourth-order valence-corrected chi connectivity index (χ4v) is 8.52. The zero-order valence-electron chi connectivity index (χ0n) is 35.4. The molecule has 1 aromatic heterocycles. The lowest BCUT2D eigenvalue weighted by Gasteiger charge is -2.37. The molecule has 1 saturated heterocycles. The summed E-state index contributed by atoms with van der Waals surface area (Å²) in [7, 11) is 1.28. The van der Waals surface area contributed by atoms with E-state index in [1.54, 1.807) is 14.2 Å². The number of nitriles is 2. The number of carbonyl (C=O) groups excluding carboxylic acids is 1. The van der Waals surface area contributed by atoms with E-state index in [1.807, 2.05) is 111 Å². The molecule has 1 N–H and O–H groups in total. The van der Waals surface area contributed by atoms with Gasteiger partial charge in [0.05, 0.1) is 59.0 Å². The Kier molecular flexibility index (Phi) is 17.3. The number of aromatic nitrogens is 2. The van der Waals surface area contributed by atoms with Gasteiger partial charge < -0.3 is 33.5 Å². The van der Waals surface area contributed by atoms with Crippen molar-refractivity contribution in [2.24, 2.45) is 0 Å². The number of methoxy groups -OCH3 is 2.